The molecule has 2 amide bonds. The number of carbonyl (C=O) groups is 4. The Morgan fingerprint density at radius 2 is 1.50 bits per heavy atom. The number of hydrogen-bond acceptors (Lipinski definition) is 5. The molecule has 1 atom stereocenters. The molecule has 0 fully saturated rings. The van der Waals surface area contributed by atoms with Crippen molar-refractivity contribution >= 4 is 52.6 Å². The van der Waals surface area contributed by atoms with E-state index in [0.717, 1.165) is 6.07 Å². The first-order valence-electron chi connectivity index (χ1n) is 9.72. The maximum absolute atomic E-state index is 12.5. The topological polar surface area (TPSA) is 146 Å². The first kappa shape index (κ1) is 24.7. The number of hydrogen-bond donors (Lipinski definition) is 4. The van der Waals surface area contributed by atoms with E-state index in [1.54, 1.807) is 24.3 Å². The van der Waals surface area contributed by atoms with E-state index < -0.39 is 29.8 Å². The lowest BCUT2D eigenvalue weighted by atomic mass is 10.0. The lowest BCUT2D eigenvalue weighted by molar-refractivity contribution is -0.139. The third-order valence-electron chi connectivity index (χ3n) is 4.71. The molecule has 0 aliphatic carbocycles. The number of amides is 2. The van der Waals surface area contributed by atoms with Crippen LogP contribution in [0.3, 0.4) is 0 Å². The van der Waals surface area contributed by atoms with Gasteiger partial charge in [-0.25, -0.2) is 9.59 Å². The van der Waals surface area contributed by atoms with Crippen molar-refractivity contribution in [1.82, 2.24) is 10.3 Å². The Morgan fingerprint density at radius 1 is 0.882 bits per heavy atom. The number of benzene rings is 2. The zero-order chi connectivity index (χ0) is 24.8. The number of pyridine rings is 1. The minimum Gasteiger partial charge on any atom is -0.480 e. The fourth-order valence-electron chi connectivity index (χ4n) is 3.02. The molecule has 3 aromatic rings. The smallest absolute Gasteiger partial charge is 0.335 e. The average molecular weight is 502 g/mol. The second-order valence-corrected chi connectivity index (χ2v) is 7.90. The Hall–Kier alpha value is -3.95. The molecule has 0 aliphatic rings. The normalized spacial score (nSPS) is 11.4. The van der Waals surface area contributed by atoms with Gasteiger partial charge in [0.05, 0.1) is 21.2 Å². The number of aromatic carboxylic acids is 1. The third-order valence-corrected chi connectivity index (χ3v) is 5.28. The van der Waals surface area contributed by atoms with Crippen LogP contribution in [0.15, 0.2) is 60.9 Å². The number of carboxylic acid groups (broad SMARTS) is 2. The summed E-state index contributed by atoms with van der Waals surface area (Å²) in [6, 6.07) is 10.3. The summed E-state index contributed by atoms with van der Waals surface area (Å²) >= 11 is 12.0. The quantitative estimate of drug-likeness (QED) is 0.367. The molecule has 1 heterocycles. The van der Waals surface area contributed by atoms with Crippen molar-refractivity contribution in [3.8, 4) is 0 Å². The van der Waals surface area contributed by atoms with Crippen molar-refractivity contribution in [1.29, 1.82) is 0 Å². The van der Waals surface area contributed by atoms with E-state index in [-0.39, 0.29) is 33.2 Å². The largest absolute Gasteiger partial charge is 0.480 e. The number of carboxylic acids is 2. The summed E-state index contributed by atoms with van der Waals surface area (Å²) in [6.45, 7) is 0. The maximum atomic E-state index is 12.5. The molecule has 0 radical (unpaired) electrons. The highest BCUT2D eigenvalue weighted by atomic mass is 35.5. The first-order chi connectivity index (χ1) is 16.2. The summed E-state index contributed by atoms with van der Waals surface area (Å²) in [5.74, 6) is -3.72. The van der Waals surface area contributed by atoms with Gasteiger partial charge in [0, 0.05) is 30.1 Å². The van der Waals surface area contributed by atoms with Gasteiger partial charge in [0.2, 0.25) is 0 Å². The summed E-state index contributed by atoms with van der Waals surface area (Å²) in [7, 11) is 0. The van der Waals surface area contributed by atoms with Crippen molar-refractivity contribution in [2.75, 3.05) is 5.32 Å². The summed E-state index contributed by atoms with van der Waals surface area (Å²) in [6.07, 6.45) is 2.54. The SMILES string of the molecule is O=C(O)c1cccc(C(=O)N[C@@H](Cc2ccc(NC(=O)c3c(Cl)cncc3Cl)cc2)C(=O)O)c1. The number of halogens is 2. The van der Waals surface area contributed by atoms with Crippen LogP contribution < -0.4 is 10.6 Å². The van der Waals surface area contributed by atoms with Crippen molar-refractivity contribution in [2.24, 2.45) is 0 Å². The molecule has 0 saturated heterocycles. The molecule has 4 N–H and O–H groups in total. The van der Waals surface area contributed by atoms with E-state index in [4.69, 9.17) is 28.3 Å². The Labute approximate surface area is 203 Å². The molecule has 174 valence electrons. The van der Waals surface area contributed by atoms with Gasteiger partial charge in [0.1, 0.15) is 6.04 Å². The molecule has 0 spiro atoms. The molecule has 3 rings (SSSR count). The van der Waals surface area contributed by atoms with E-state index >= 15 is 0 Å². The van der Waals surface area contributed by atoms with Gasteiger partial charge < -0.3 is 20.8 Å². The molecule has 9 nitrogen and oxygen atoms in total. The Balaban J connectivity index is 1.68. The van der Waals surface area contributed by atoms with Gasteiger partial charge in [-0.1, -0.05) is 41.4 Å². The second kappa shape index (κ2) is 10.8. The zero-order valence-corrected chi connectivity index (χ0v) is 18.8. The van der Waals surface area contributed by atoms with Crippen LogP contribution in [0.5, 0.6) is 0 Å². The van der Waals surface area contributed by atoms with Crippen molar-refractivity contribution < 1.29 is 29.4 Å². The monoisotopic (exact) mass is 501 g/mol. The number of carbonyl (C=O) groups excluding carboxylic acids is 2. The average Bonchev–Trinajstić information content (AvgIpc) is 2.79. The zero-order valence-electron chi connectivity index (χ0n) is 17.3. The molecule has 0 unspecified atom stereocenters. The van der Waals surface area contributed by atoms with Gasteiger partial charge in [-0.3, -0.25) is 14.6 Å². The van der Waals surface area contributed by atoms with Crippen molar-refractivity contribution in [2.45, 2.75) is 12.5 Å². The number of aromatic nitrogens is 1. The molecule has 1 aromatic heterocycles. The number of rotatable bonds is 8. The van der Waals surface area contributed by atoms with Gasteiger partial charge in [-0.15, -0.1) is 0 Å². The van der Waals surface area contributed by atoms with Crippen LogP contribution in [0.25, 0.3) is 0 Å². The third kappa shape index (κ3) is 6.09. The lowest BCUT2D eigenvalue weighted by Crippen LogP contribution is -2.42. The van der Waals surface area contributed by atoms with Crippen LogP contribution in [0.4, 0.5) is 5.69 Å². The minimum absolute atomic E-state index is 0.0256. The summed E-state index contributed by atoms with van der Waals surface area (Å²) in [5, 5.41) is 23.8. The van der Waals surface area contributed by atoms with Gasteiger partial charge in [0.25, 0.3) is 11.8 Å². The fourth-order valence-corrected chi connectivity index (χ4v) is 3.55. The lowest BCUT2D eigenvalue weighted by Gasteiger charge is -2.15. The van der Waals surface area contributed by atoms with E-state index in [9.17, 15) is 24.3 Å². The number of aliphatic carboxylic acids is 1. The van der Waals surface area contributed by atoms with Crippen molar-refractivity contribution in [3.05, 3.63) is 93.2 Å². The van der Waals surface area contributed by atoms with Crippen molar-refractivity contribution in [3.63, 3.8) is 0 Å². The molecule has 0 bridgehead atoms. The highest BCUT2D eigenvalue weighted by Crippen LogP contribution is 2.24. The minimum atomic E-state index is -1.27. The predicted octanol–water partition coefficient (Wildman–Crippen LogP) is 3.76. The highest BCUT2D eigenvalue weighted by molar-refractivity contribution is 6.40. The highest BCUT2D eigenvalue weighted by Gasteiger charge is 2.22. The van der Waals surface area contributed by atoms with Crippen LogP contribution >= 0.6 is 23.2 Å². The summed E-state index contributed by atoms with van der Waals surface area (Å²) in [4.78, 5) is 51.5. The van der Waals surface area contributed by atoms with Crippen LogP contribution in [0, 0.1) is 0 Å². The van der Waals surface area contributed by atoms with Gasteiger partial charge in [-0.05, 0) is 35.9 Å². The van der Waals surface area contributed by atoms with Gasteiger partial charge in [-0.2, -0.15) is 0 Å². The molecule has 0 saturated carbocycles. The Bertz CT molecular complexity index is 1240. The van der Waals surface area contributed by atoms with E-state index in [0.29, 0.717) is 11.3 Å². The Morgan fingerprint density at radius 3 is 2.09 bits per heavy atom. The van der Waals surface area contributed by atoms with Crippen LogP contribution in [-0.2, 0) is 11.2 Å². The van der Waals surface area contributed by atoms with Crippen LogP contribution in [-0.4, -0.2) is 45.0 Å². The standard InChI is InChI=1S/C23H17Cl2N3O6/c24-16-10-26-11-17(25)19(16)21(30)27-15-6-4-12(5-7-15)8-18(23(33)34)28-20(29)13-2-1-3-14(9-13)22(31)32/h1-7,9-11,18H,8H2,(H,27,30)(H,28,29)(H,31,32)(H,33,34)/t18-/m0/s1. The molecular weight excluding hydrogens is 485 g/mol. The molecule has 11 heteroatoms. The second-order valence-electron chi connectivity index (χ2n) is 7.08. The molecule has 2 aromatic carbocycles. The molecule has 34 heavy (non-hydrogen) atoms. The van der Waals surface area contributed by atoms with Crippen LogP contribution in [0.1, 0.15) is 36.6 Å². The van der Waals surface area contributed by atoms with Gasteiger partial charge >= 0.3 is 11.9 Å². The van der Waals surface area contributed by atoms with E-state index in [1.165, 1.54) is 30.6 Å². The Kier molecular flexibility index (Phi) is 7.83. The maximum Gasteiger partial charge on any atom is 0.335 e. The molecule has 0 aliphatic heterocycles. The van der Waals surface area contributed by atoms with Crippen LogP contribution in [0.2, 0.25) is 10.0 Å². The number of anilines is 1. The van der Waals surface area contributed by atoms with E-state index in [1.807, 2.05) is 0 Å². The summed E-state index contributed by atoms with van der Waals surface area (Å²) in [5.41, 5.74) is 0.997. The van der Waals surface area contributed by atoms with E-state index in [2.05, 4.69) is 15.6 Å². The fraction of sp³-hybridized carbons (Fsp3) is 0.0870. The number of nitrogens with one attached hydrogen (secondary N) is 2. The van der Waals surface area contributed by atoms with Gasteiger partial charge in [0.15, 0.2) is 0 Å². The summed E-state index contributed by atoms with van der Waals surface area (Å²) < 4.78 is 0. The predicted molar refractivity (Wildman–Crippen MR) is 125 cm³/mol. The molecular formula is C23H17Cl2N3O6. The first-order valence-corrected chi connectivity index (χ1v) is 10.5. The number of nitrogens with zero attached hydrogens (tertiary/aromatic N) is 1.